The smallest absolute Gasteiger partial charge is 0 e. The van der Waals surface area contributed by atoms with Crippen LogP contribution in [-0.2, 0) is 31.3 Å². The third kappa shape index (κ3) is 11.2. The molecule has 0 aliphatic rings. The normalized spacial score (nSPS) is 10.7. The van der Waals surface area contributed by atoms with Crippen molar-refractivity contribution in [1.82, 2.24) is 4.90 Å². The minimum atomic E-state index is -0.395. The zero-order chi connectivity index (χ0) is 16.7. The van der Waals surface area contributed by atoms with E-state index < -0.39 is 6.10 Å². The van der Waals surface area contributed by atoms with Crippen LogP contribution in [0.1, 0.15) is 37.1 Å². The second-order valence-corrected chi connectivity index (χ2v) is 3.94. The van der Waals surface area contributed by atoms with E-state index in [4.69, 9.17) is 14.0 Å². The molecular weight excluding hydrogens is 310 g/mol. The average Bonchev–Trinajstić information content (AvgIpc) is 2.52. The molecule has 2 atom stereocenters. The van der Waals surface area contributed by atoms with E-state index in [0.29, 0.717) is 6.04 Å². The van der Waals surface area contributed by atoms with Crippen LogP contribution in [0.25, 0.3) is 0 Å². The first kappa shape index (κ1) is 28.1. The van der Waals surface area contributed by atoms with Crippen molar-refractivity contribution in [2.75, 3.05) is 14.1 Å². The van der Waals surface area contributed by atoms with Crippen LogP contribution >= 0.6 is 0 Å². The fourth-order valence-electron chi connectivity index (χ4n) is 1.55. The minimum absolute atomic E-state index is 0. The largest absolute Gasteiger partial charge is 0 e. The summed E-state index contributed by atoms with van der Waals surface area (Å²) in [5.74, 6) is 0. The maximum absolute atomic E-state index is 9.62. The summed E-state index contributed by atoms with van der Waals surface area (Å²) in [6.45, 7) is 17.4. The van der Waals surface area contributed by atoms with Crippen LogP contribution in [0.5, 0.6) is 0 Å². The zero-order valence-electron chi connectivity index (χ0n) is 12.5. The van der Waals surface area contributed by atoms with Gasteiger partial charge in [0.05, 0.1) is 6.10 Å². The fraction of sp³-hybridized carbons (Fsp3) is 0.400. The van der Waals surface area contributed by atoms with Gasteiger partial charge in [-0.25, -0.2) is 0 Å². The van der Waals surface area contributed by atoms with Gasteiger partial charge in [-0.2, -0.15) is 0 Å². The first-order valence-corrected chi connectivity index (χ1v) is 5.58. The molecule has 0 spiro atoms. The number of hydrogen-bond acceptors (Lipinski definition) is 2. The number of rotatable bonds is 3. The molecule has 1 N–H and O–H groups in total. The van der Waals surface area contributed by atoms with Crippen LogP contribution < -0.4 is 0 Å². The van der Waals surface area contributed by atoms with E-state index in [0.717, 1.165) is 5.56 Å². The van der Waals surface area contributed by atoms with Crippen molar-refractivity contribution in [2.45, 2.75) is 26.0 Å². The Morgan fingerprint density at radius 2 is 1.24 bits per heavy atom. The Kier molecular flexibility index (Phi) is 25.3. The summed E-state index contributed by atoms with van der Waals surface area (Å²) in [6, 6.07) is 8.38. The molecule has 0 aromatic heterocycles. The predicted molar refractivity (Wildman–Crippen MR) is 71.0 cm³/mol. The first-order chi connectivity index (χ1) is 9.54. The van der Waals surface area contributed by atoms with Gasteiger partial charge in [0.15, 0.2) is 0 Å². The van der Waals surface area contributed by atoms with Gasteiger partial charge in [-0.15, -0.1) is 0 Å². The minimum Gasteiger partial charge on any atom is 0 e. The van der Waals surface area contributed by atoms with Gasteiger partial charge in [0.2, 0.25) is 0 Å². The molecule has 21 heavy (non-hydrogen) atoms. The van der Waals surface area contributed by atoms with Gasteiger partial charge in [0.25, 0.3) is 0 Å². The molecule has 0 aliphatic carbocycles. The second kappa shape index (κ2) is 18.9. The Balaban J connectivity index is -0.000000183. The number of nitrogens with zero attached hydrogens (tertiary/aromatic N) is 1. The van der Waals surface area contributed by atoms with Crippen LogP contribution in [0.3, 0.4) is 0 Å². The van der Waals surface area contributed by atoms with Crippen molar-refractivity contribution in [3.8, 4) is 0 Å². The molecule has 5 nitrogen and oxygen atoms in total. The van der Waals surface area contributed by atoms with E-state index in [1.807, 2.05) is 32.3 Å². The Hall–Kier alpha value is -1.11. The SMILES string of the molecule is C[C@H](c1ccccc1[C@@H](C)O)N(C)C.[C-]#[O+].[C-]#[O+].[C-]#[O+].[Cr]. The zero-order valence-corrected chi connectivity index (χ0v) is 13.8. The van der Waals surface area contributed by atoms with Crippen molar-refractivity contribution >= 4 is 0 Å². The Labute approximate surface area is 137 Å². The van der Waals surface area contributed by atoms with Gasteiger partial charge in [-0.1, -0.05) is 24.3 Å². The Bertz CT molecular complexity index is 399. The van der Waals surface area contributed by atoms with Gasteiger partial charge in [-0.05, 0) is 39.1 Å². The molecule has 1 rings (SSSR count). The van der Waals surface area contributed by atoms with Gasteiger partial charge < -0.3 is 10.0 Å². The van der Waals surface area contributed by atoms with Crippen LogP contribution in [0.4, 0.5) is 0 Å². The standard InChI is InChI=1S/C12H19NO.3CO.Cr/c1-9(13(3)4)11-7-5-6-8-12(11)10(2)14;3*1-2;/h5-10,14H,1-4H3;;;;/t9-,10-;;;;/m1..../s1. The van der Waals surface area contributed by atoms with Gasteiger partial charge >= 0.3 is 33.9 Å². The van der Waals surface area contributed by atoms with Crippen LogP contribution in [-0.4, -0.2) is 24.1 Å². The van der Waals surface area contributed by atoms with Crippen molar-refractivity contribution in [1.29, 1.82) is 0 Å². The maximum atomic E-state index is 9.62. The first-order valence-electron chi connectivity index (χ1n) is 5.58. The molecule has 0 saturated carbocycles. The molecule has 0 unspecified atom stereocenters. The van der Waals surface area contributed by atoms with Crippen LogP contribution in [0.2, 0.25) is 0 Å². The molecule has 0 radical (unpaired) electrons. The molecule has 0 saturated heterocycles. The van der Waals surface area contributed by atoms with Crippen LogP contribution in [0.15, 0.2) is 24.3 Å². The molecule has 6 heteroatoms. The number of benzene rings is 1. The van der Waals surface area contributed by atoms with Crippen molar-refractivity contribution in [3.63, 3.8) is 0 Å². The monoisotopic (exact) mass is 329 g/mol. The van der Waals surface area contributed by atoms with E-state index in [2.05, 4.69) is 37.8 Å². The summed E-state index contributed by atoms with van der Waals surface area (Å²) in [7, 11) is 4.09. The van der Waals surface area contributed by atoms with Gasteiger partial charge in [0.1, 0.15) is 0 Å². The molecule has 0 heterocycles. The summed E-state index contributed by atoms with van der Waals surface area (Å²) >= 11 is 0. The molecular formula is C15H19CrNO4. The average molecular weight is 329 g/mol. The van der Waals surface area contributed by atoms with E-state index >= 15 is 0 Å². The molecule has 1 aromatic rings. The summed E-state index contributed by atoms with van der Waals surface area (Å²) < 4.78 is 22.5. The van der Waals surface area contributed by atoms with E-state index in [1.54, 1.807) is 6.92 Å². The van der Waals surface area contributed by atoms with E-state index in [-0.39, 0.29) is 17.4 Å². The number of aliphatic hydroxyl groups excluding tert-OH is 1. The number of hydrogen-bond donors (Lipinski definition) is 1. The third-order valence-electron chi connectivity index (χ3n) is 2.67. The molecule has 1 aromatic carbocycles. The Morgan fingerprint density at radius 1 is 0.905 bits per heavy atom. The molecule has 0 fully saturated rings. The Morgan fingerprint density at radius 3 is 1.52 bits per heavy atom. The molecule has 0 amide bonds. The quantitative estimate of drug-likeness (QED) is 0.681. The summed E-state index contributed by atoms with van der Waals surface area (Å²) in [4.78, 5) is 2.14. The van der Waals surface area contributed by atoms with Crippen molar-refractivity contribution in [2.24, 2.45) is 0 Å². The van der Waals surface area contributed by atoms with Crippen LogP contribution in [0, 0.1) is 20.0 Å². The number of aliphatic hydroxyl groups is 1. The predicted octanol–water partition coefficient (Wildman–Crippen LogP) is 2.25. The van der Waals surface area contributed by atoms with Gasteiger partial charge in [0, 0.05) is 23.4 Å². The van der Waals surface area contributed by atoms with E-state index in [9.17, 15) is 5.11 Å². The third-order valence-corrected chi connectivity index (χ3v) is 2.67. The molecule has 0 aliphatic heterocycles. The van der Waals surface area contributed by atoms with Crippen molar-refractivity contribution < 1.29 is 36.4 Å². The van der Waals surface area contributed by atoms with Gasteiger partial charge in [-0.3, -0.25) is 0 Å². The van der Waals surface area contributed by atoms with Crippen molar-refractivity contribution in [3.05, 3.63) is 55.3 Å². The molecule has 114 valence electrons. The summed E-state index contributed by atoms with van der Waals surface area (Å²) in [5.41, 5.74) is 2.22. The molecule has 0 bridgehead atoms. The second-order valence-electron chi connectivity index (χ2n) is 3.94. The fourth-order valence-corrected chi connectivity index (χ4v) is 1.55. The summed E-state index contributed by atoms with van der Waals surface area (Å²) in [6.07, 6.45) is -0.395. The topological polar surface area (TPSA) is 83.2 Å². The maximum Gasteiger partial charge on any atom is 0 e. The van der Waals surface area contributed by atoms with E-state index in [1.165, 1.54) is 5.56 Å². The summed E-state index contributed by atoms with van der Waals surface area (Å²) in [5, 5.41) is 9.62.